The van der Waals surface area contributed by atoms with Crippen LogP contribution in [0.4, 0.5) is 0 Å². The molecule has 0 fully saturated rings. The van der Waals surface area contributed by atoms with E-state index in [1.807, 2.05) is 0 Å². The molecular weight excluding hydrogens is 138 g/mol. The zero-order chi connectivity index (χ0) is 5.82. The lowest BCUT2D eigenvalue weighted by atomic mass is 10.4. The fourth-order valence-corrected chi connectivity index (χ4v) is 0.415. The van der Waals surface area contributed by atoms with Crippen LogP contribution >= 0.6 is 12.4 Å². The van der Waals surface area contributed by atoms with Crippen LogP contribution in [0.1, 0.15) is 0 Å². The Kier molecular flexibility index (Phi) is 3.64. The number of hydrogen-bond acceptors (Lipinski definition) is 2. The van der Waals surface area contributed by atoms with Crippen LogP contribution in [0.3, 0.4) is 0 Å². The quantitative estimate of drug-likeness (QED) is 0.558. The minimum atomic E-state index is 0. The second-order valence-electron chi connectivity index (χ2n) is 1.43. The fourth-order valence-electron chi connectivity index (χ4n) is 0.415. The first kappa shape index (κ1) is 8.11. The highest BCUT2D eigenvalue weighted by molar-refractivity contribution is 5.85. The Morgan fingerprint density at radius 2 is 2.11 bits per heavy atom. The molecule has 1 aliphatic rings. The zero-order valence-corrected chi connectivity index (χ0v) is 5.60. The van der Waals surface area contributed by atoms with Crippen molar-refractivity contribution in [3.63, 3.8) is 0 Å². The number of nitrogens with two attached hydrogens (primary N) is 1. The van der Waals surface area contributed by atoms with Gasteiger partial charge in [-0.3, -0.25) is 0 Å². The summed E-state index contributed by atoms with van der Waals surface area (Å²) in [5.41, 5.74) is 6.08. The molecular formula is C6H8ClNO. The number of hydrogen-bond donors (Lipinski definition) is 1. The van der Waals surface area contributed by atoms with E-state index in [0.717, 1.165) is 0 Å². The van der Waals surface area contributed by atoms with Crippen LogP contribution in [0.2, 0.25) is 0 Å². The molecule has 3 heteroatoms. The molecule has 0 aromatic heterocycles. The molecule has 1 aliphatic heterocycles. The lowest BCUT2D eigenvalue weighted by Crippen LogP contribution is -1.89. The van der Waals surface area contributed by atoms with Crippen LogP contribution in [0.25, 0.3) is 0 Å². The van der Waals surface area contributed by atoms with Crippen LogP contribution < -0.4 is 5.73 Å². The van der Waals surface area contributed by atoms with Gasteiger partial charge in [0.2, 0.25) is 0 Å². The summed E-state index contributed by atoms with van der Waals surface area (Å²) in [6.45, 7) is 0. The van der Waals surface area contributed by atoms with E-state index in [4.69, 9.17) is 10.5 Å². The monoisotopic (exact) mass is 145 g/mol. The molecule has 1 rings (SSSR count). The van der Waals surface area contributed by atoms with Crippen LogP contribution in [-0.4, -0.2) is 0 Å². The van der Waals surface area contributed by atoms with E-state index < -0.39 is 0 Å². The van der Waals surface area contributed by atoms with E-state index in [2.05, 4.69) is 0 Å². The highest BCUT2D eigenvalue weighted by atomic mass is 35.5. The predicted molar refractivity (Wildman–Crippen MR) is 38.9 cm³/mol. The van der Waals surface area contributed by atoms with E-state index in [1.165, 1.54) is 6.26 Å². The lowest BCUT2D eigenvalue weighted by molar-refractivity contribution is 0.403. The Morgan fingerprint density at radius 1 is 1.33 bits per heavy atom. The molecule has 0 atom stereocenters. The number of allylic oxidation sites excluding steroid dienone is 3. The van der Waals surface area contributed by atoms with Gasteiger partial charge in [-0.25, -0.2) is 0 Å². The fraction of sp³-hybridized carbons (Fsp3) is 0. The third-order valence-corrected chi connectivity index (χ3v) is 0.785. The van der Waals surface area contributed by atoms with Crippen molar-refractivity contribution in [2.45, 2.75) is 0 Å². The molecule has 2 N–H and O–H groups in total. The Hall–Kier alpha value is -0.890. The highest BCUT2D eigenvalue weighted by Gasteiger charge is 1.81. The smallest absolute Gasteiger partial charge is 0.0921 e. The van der Waals surface area contributed by atoms with Crippen LogP contribution in [0.15, 0.2) is 36.4 Å². The molecule has 0 aliphatic carbocycles. The molecule has 0 radical (unpaired) electrons. The predicted octanol–water partition coefficient (Wildman–Crippen LogP) is 1.31. The molecule has 0 saturated heterocycles. The van der Waals surface area contributed by atoms with Crippen LogP contribution in [-0.2, 0) is 4.74 Å². The second-order valence-corrected chi connectivity index (χ2v) is 1.43. The first-order valence-corrected chi connectivity index (χ1v) is 2.34. The Balaban J connectivity index is 0.000000640. The van der Waals surface area contributed by atoms with Crippen molar-refractivity contribution in [1.82, 2.24) is 0 Å². The van der Waals surface area contributed by atoms with Crippen molar-refractivity contribution < 1.29 is 4.74 Å². The highest BCUT2D eigenvalue weighted by Crippen LogP contribution is 1.94. The first-order valence-electron chi connectivity index (χ1n) is 2.34. The number of ether oxygens (including phenoxy) is 1. The van der Waals surface area contributed by atoms with E-state index in [0.29, 0.717) is 5.70 Å². The van der Waals surface area contributed by atoms with Gasteiger partial charge in [0.15, 0.2) is 0 Å². The zero-order valence-electron chi connectivity index (χ0n) is 4.78. The average Bonchev–Trinajstić information content (AvgIpc) is 1.94. The molecule has 0 amide bonds. The Morgan fingerprint density at radius 3 is 2.89 bits per heavy atom. The molecule has 0 bridgehead atoms. The lowest BCUT2D eigenvalue weighted by Gasteiger charge is -1.83. The van der Waals surface area contributed by atoms with Gasteiger partial charge in [-0.05, 0) is 18.2 Å². The standard InChI is InChI=1S/C6H7NO.ClH/c7-6-2-1-4-8-5-3-6;/h1-5H,7H2;1H. The molecule has 0 saturated carbocycles. The van der Waals surface area contributed by atoms with Crippen LogP contribution in [0, 0.1) is 0 Å². The Labute approximate surface area is 60.1 Å². The van der Waals surface area contributed by atoms with Crippen molar-refractivity contribution in [2.24, 2.45) is 5.73 Å². The van der Waals surface area contributed by atoms with Crippen molar-refractivity contribution in [3.05, 3.63) is 36.4 Å². The summed E-state index contributed by atoms with van der Waals surface area (Å²) in [6, 6.07) is 0. The third kappa shape index (κ3) is 2.82. The van der Waals surface area contributed by atoms with E-state index >= 15 is 0 Å². The molecule has 0 aromatic carbocycles. The SMILES string of the molecule is Cl.NC1=CC=COC=C1. The molecule has 9 heavy (non-hydrogen) atoms. The van der Waals surface area contributed by atoms with Crippen molar-refractivity contribution in [2.75, 3.05) is 0 Å². The summed E-state index contributed by atoms with van der Waals surface area (Å²) < 4.78 is 4.77. The minimum Gasteiger partial charge on any atom is -0.473 e. The van der Waals surface area contributed by atoms with Gasteiger partial charge in [-0.1, -0.05) is 0 Å². The van der Waals surface area contributed by atoms with Gasteiger partial charge in [0.05, 0.1) is 12.5 Å². The van der Waals surface area contributed by atoms with Gasteiger partial charge in [0, 0.05) is 5.70 Å². The first-order chi connectivity index (χ1) is 3.89. The number of rotatable bonds is 0. The maximum atomic E-state index is 5.38. The molecule has 50 valence electrons. The minimum absolute atomic E-state index is 0. The maximum Gasteiger partial charge on any atom is 0.0921 e. The molecule has 2 nitrogen and oxygen atoms in total. The average molecular weight is 146 g/mol. The van der Waals surface area contributed by atoms with Crippen LogP contribution in [0.5, 0.6) is 0 Å². The van der Waals surface area contributed by atoms with E-state index in [1.54, 1.807) is 24.5 Å². The van der Waals surface area contributed by atoms with E-state index in [9.17, 15) is 0 Å². The summed E-state index contributed by atoms with van der Waals surface area (Å²) >= 11 is 0. The molecule has 1 heterocycles. The Bertz CT molecular complexity index is 160. The molecule has 0 spiro atoms. The summed E-state index contributed by atoms with van der Waals surface area (Å²) in [7, 11) is 0. The summed E-state index contributed by atoms with van der Waals surface area (Å²) in [6.07, 6.45) is 8.31. The largest absolute Gasteiger partial charge is 0.473 e. The van der Waals surface area contributed by atoms with Gasteiger partial charge in [0.1, 0.15) is 0 Å². The number of halogens is 1. The maximum absolute atomic E-state index is 5.38. The molecule has 0 unspecified atom stereocenters. The third-order valence-electron chi connectivity index (χ3n) is 0.785. The second kappa shape index (κ2) is 4.04. The van der Waals surface area contributed by atoms with Gasteiger partial charge >= 0.3 is 0 Å². The van der Waals surface area contributed by atoms with Gasteiger partial charge in [-0.15, -0.1) is 12.4 Å². The van der Waals surface area contributed by atoms with Gasteiger partial charge < -0.3 is 10.5 Å². The van der Waals surface area contributed by atoms with Crippen molar-refractivity contribution in [3.8, 4) is 0 Å². The summed E-state index contributed by atoms with van der Waals surface area (Å²) in [5, 5.41) is 0. The molecule has 0 aromatic rings. The topological polar surface area (TPSA) is 35.2 Å². The summed E-state index contributed by atoms with van der Waals surface area (Å²) in [5.74, 6) is 0. The van der Waals surface area contributed by atoms with Gasteiger partial charge in [-0.2, -0.15) is 0 Å². The van der Waals surface area contributed by atoms with E-state index in [-0.39, 0.29) is 12.4 Å². The summed E-state index contributed by atoms with van der Waals surface area (Å²) in [4.78, 5) is 0. The van der Waals surface area contributed by atoms with Crippen molar-refractivity contribution >= 4 is 12.4 Å². The van der Waals surface area contributed by atoms with Gasteiger partial charge in [0.25, 0.3) is 0 Å². The normalized spacial score (nSPS) is 14.9. The van der Waals surface area contributed by atoms with Crippen molar-refractivity contribution in [1.29, 1.82) is 0 Å².